The molecular weight excluding hydrogens is 216 g/mol. The van der Waals surface area contributed by atoms with E-state index in [9.17, 15) is 0 Å². The molecule has 0 spiro atoms. The van der Waals surface area contributed by atoms with Crippen LogP contribution in [0.3, 0.4) is 0 Å². The molecule has 1 fully saturated rings. The van der Waals surface area contributed by atoms with Crippen molar-refractivity contribution in [1.29, 1.82) is 0 Å². The molecule has 0 aromatic rings. The Morgan fingerprint density at radius 1 is 1.31 bits per heavy atom. The highest BCUT2D eigenvalue weighted by Gasteiger charge is 2.18. The van der Waals surface area contributed by atoms with E-state index in [0.717, 1.165) is 5.92 Å². The number of nitrogens with one attached hydrogen (secondary N) is 1. The predicted molar refractivity (Wildman–Crippen MR) is 75.3 cm³/mol. The summed E-state index contributed by atoms with van der Waals surface area (Å²) >= 11 is 1.96. The summed E-state index contributed by atoms with van der Waals surface area (Å²) in [5, 5.41) is 3.45. The van der Waals surface area contributed by atoms with Crippen LogP contribution in [0.2, 0.25) is 0 Å². The van der Waals surface area contributed by atoms with E-state index in [1.807, 2.05) is 11.8 Å². The summed E-state index contributed by atoms with van der Waals surface area (Å²) in [6.45, 7) is 9.71. The Bertz CT molecular complexity index is 167. The first-order valence-corrected chi connectivity index (χ1v) is 8.07. The van der Waals surface area contributed by atoms with Crippen LogP contribution in [0.1, 0.15) is 33.1 Å². The van der Waals surface area contributed by atoms with Gasteiger partial charge in [0, 0.05) is 12.6 Å². The van der Waals surface area contributed by atoms with Crippen LogP contribution in [-0.4, -0.2) is 49.1 Å². The molecule has 0 aromatic heterocycles. The number of hydrogen-bond donors (Lipinski definition) is 1. The highest BCUT2D eigenvalue weighted by Crippen LogP contribution is 2.15. The van der Waals surface area contributed by atoms with Crippen LogP contribution in [0.15, 0.2) is 0 Å². The van der Waals surface area contributed by atoms with E-state index in [-0.39, 0.29) is 0 Å². The second kappa shape index (κ2) is 8.37. The standard InChI is InChI=1S/C13H28N2S/c1-12(2)15(9-4-10-16-3)11-13-5-7-14-8-6-13/h12-14H,4-11H2,1-3H3. The van der Waals surface area contributed by atoms with E-state index in [2.05, 4.69) is 30.3 Å². The Morgan fingerprint density at radius 2 is 2.00 bits per heavy atom. The van der Waals surface area contributed by atoms with Crippen molar-refractivity contribution in [3.8, 4) is 0 Å². The van der Waals surface area contributed by atoms with Crippen molar-refractivity contribution in [3.05, 3.63) is 0 Å². The van der Waals surface area contributed by atoms with Gasteiger partial charge >= 0.3 is 0 Å². The summed E-state index contributed by atoms with van der Waals surface area (Å²) in [6.07, 6.45) is 6.27. The van der Waals surface area contributed by atoms with Crippen LogP contribution in [0, 0.1) is 5.92 Å². The van der Waals surface area contributed by atoms with Gasteiger partial charge < -0.3 is 10.2 Å². The molecule has 0 unspecified atom stereocenters. The van der Waals surface area contributed by atoms with E-state index >= 15 is 0 Å². The average molecular weight is 244 g/mol. The minimum Gasteiger partial charge on any atom is -0.317 e. The summed E-state index contributed by atoms with van der Waals surface area (Å²) in [5.74, 6) is 2.23. The number of hydrogen-bond acceptors (Lipinski definition) is 3. The molecule has 1 saturated heterocycles. The van der Waals surface area contributed by atoms with E-state index in [1.54, 1.807) is 0 Å². The molecule has 0 saturated carbocycles. The molecule has 0 amide bonds. The van der Waals surface area contributed by atoms with Crippen molar-refractivity contribution in [3.63, 3.8) is 0 Å². The zero-order valence-electron chi connectivity index (χ0n) is 11.2. The molecule has 1 rings (SSSR count). The first-order valence-electron chi connectivity index (χ1n) is 6.67. The lowest BCUT2D eigenvalue weighted by Crippen LogP contribution is -2.40. The van der Waals surface area contributed by atoms with Gasteiger partial charge in [0.1, 0.15) is 0 Å². The fourth-order valence-corrected chi connectivity index (χ4v) is 2.79. The largest absolute Gasteiger partial charge is 0.317 e. The lowest BCUT2D eigenvalue weighted by molar-refractivity contribution is 0.170. The second-order valence-electron chi connectivity index (χ2n) is 5.13. The third-order valence-corrected chi connectivity index (χ3v) is 4.17. The van der Waals surface area contributed by atoms with Crippen molar-refractivity contribution in [2.45, 2.75) is 39.2 Å². The molecule has 1 aliphatic rings. The molecule has 16 heavy (non-hydrogen) atoms. The van der Waals surface area contributed by atoms with E-state index in [4.69, 9.17) is 0 Å². The molecule has 1 heterocycles. The van der Waals surface area contributed by atoms with Crippen molar-refractivity contribution in [2.24, 2.45) is 5.92 Å². The fraction of sp³-hybridized carbons (Fsp3) is 1.00. The smallest absolute Gasteiger partial charge is 0.00387 e. The van der Waals surface area contributed by atoms with Gasteiger partial charge in [0.05, 0.1) is 0 Å². The number of nitrogens with zero attached hydrogens (tertiary/aromatic N) is 1. The normalized spacial score (nSPS) is 18.6. The third kappa shape index (κ3) is 5.55. The fourth-order valence-electron chi connectivity index (χ4n) is 2.37. The highest BCUT2D eigenvalue weighted by atomic mass is 32.2. The Morgan fingerprint density at radius 3 is 2.56 bits per heavy atom. The monoisotopic (exact) mass is 244 g/mol. The maximum absolute atomic E-state index is 3.45. The lowest BCUT2D eigenvalue weighted by Gasteiger charge is -2.32. The summed E-state index contributed by atoms with van der Waals surface area (Å²) < 4.78 is 0. The summed E-state index contributed by atoms with van der Waals surface area (Å²) in [5.41, 5.74) is 0. The van der Waals surface area contributed by atoms with Crippen LogP contribution in [0.25, 0.3) is 0 Å². The minimum absolute atomic E-state index is 0.705. The van der Waals surface area contributed by atoms with Gasteiger partial charge in [-0.3, -0.25) is 0 Å². The van der Waals surface area contributed by atoms with Crippen LogP contribution in [-0.2, 0) is 0 Å². The molecular formula is C13H28N2S. The number of thioether (sulfide) groups is 1. The van der Waals surface area contributed by atoms with E-state index in [1.165, 1.54) is 51.2 Å². The number of rotatable bonds is 7. The SMILES string of the molecule is CSCCCN(CC1CCNCC1)C(C)C. The molecule has 0 radical (unpaired) electrons. The first-order chi connectivity index (χ1) is 7.74. The molecule has 0 aromatic carbocycles. The van der Waals surface area contributed by atoms with Gasteiger partial charge in [0.2, 0.25) is 0 Å². The third-order valence-electron chi connectivity index (χ3n) is 3.48. The number of piperidine rings is 1. The zero-order valence-corrected chi connectivity index (χ0v) is 12.0. The molecule has 1 aliphatic heterocycles. The van der Waals surface area contributed by atoms with Gasteiger partial charge in [-0.2, -0.15) is 11.8 Å². The van der Waals surface area contributed by atoms with Gasteiger partial charge in [-0.25, -0.2) is 0 Å². The minimum atomic E-state index is 0.705. The highest BCUT2D eigenvalue weighted by molar-refractivity contribution is 7.98. The molecule has 2 nitrogen and oxygen atoms in total. The van der Waals surface area contributed by atoms with Crippen molar-refractivity contribution in [2.75, 3.05) is 38.2 Å². The molecule has 96 valence electrons. The quantitative estimate of drug-likeness (QED) is 0.693. The van der Waals surface area contributed by atoms with Crippen molar-refractivity contribution in [1.82, 2.24) is 10.2 Å². The summed E-state index contributed by atoms with van der Waals surface area (Å²) in [6, 6.07) is 0.705. The average Bonchev–Trinajstić information content (AvgIpc) is 2.29. The topological polar surface area (TPSA) is 15.3 Å². The van der Waals surface area contributed by atoms with Crippen LogP contribution >= 0.6 is 11.8 Å². The van der Waals surface area contributed by atoms with E-state index in [0.29, 0.717) is 6.04 Å². The van der Waals surface area contributed by atoms with Crippen LogP contribution in [0.5, 0.6) is 0 Å². The van der Waals surface area contributed by atoms with Crippen molar-refractivity contribution >= 4 is 11.8 Å². The Kier molecular flexibility index (Phi) is 7.50. The maximum Gasteiger partial charge on any atom is 0.00387 e. The van der Waals surface area contributed by atoms with Crippen LogP contribution < -0.4 is 5.32 Å². The zero-order chi connectivity index (χ0) is 11.8. The van der Waals surface area contributed by atoms with Crippen LogP contribution in [0.4, 0.5) is 0 Å². The Hall–Kier alpha value is 0.270. The van der Waals surface area contributed by atoms with Gasteiger partial charge in [-0.05, 0) is 70.7 Å². The second-order valence-corrected chi connectivity index (χ2v) is 6.11. The summed E-state index contributed by atoms with van der Waals surface area (Å²) in [4.78, 5) is 2.67. The van der Waals surface area contributed by atoms with Gasteiger partial charge in [0.25, 0.3) is 0 Å². The van der Waals surface area contributed by atoms with Gasteiger partial charge in [0.15, 0.2) is 0 Å². The van der Waals surface area contributed by atoms with Crippen molar-refractivity contribution < 1.29 is 0 Å². The van der Waals surface area contributed by atoms with Gasteiger partial charge in [-0.1, -0.05) is 0 Å². The molecule has 0 bridgehead atoms. The maximum atomic E-state index is 3.45. The molecule has 0 atom stereocenters. The predicted octanol–water partition coefficient (Wildman–Crippen LogP) is 2.45. The van der Waals surface area contributed by atoms with E-state index < -0.39 is 0 Å². The molecule has 1 N–H and O–H groups in total. The van der Waals surface area contributed by atoms with Gasteiger partial charge in [-0.15, -0.1) is 0 Å². The Balaban J connectivity index is 2.25. The summed E-state index contributed by atoms with van der Waals surface area (Å²) in [7, 11) is 0. The lowest BCUT2D eigenvalue weighted by atomic mass is 9.97. The molecule has 0 aliphatic carbocycles. The Labute approximate surface area is 106 Å². The first kappa shape index (κ1) is 14.3. The molecule has 3 heteroatoms.